The number of halogens is 1. The average molecular weight is 335 g/mol. The van der Waals surface area contributed by atoms with Crippen LogP contribution in [0.5, 0.6) is 0 Å². The van der Waals surface area contributed by atoms with Crippen molar-refractivity contribution >= 4 is 21.6 Å². The fourth-order valence-corrected chi connectivity index (χ4v) is 4.41. The molecule has 1 saturated heterocycles. The van der Waals surface area contributed by atoms with Crippen LogP contribution >= 0.6 is 11.6 Å². The van der Waals surface area contributed by atoms with Gasteiger partial charge in [0.2, 0.25) is 10.0 Å². The average Bonchev–Trinajstić information content (AvgIpc) is 3.13. The van der Waals surface area contributed by atoms with Crippen molar-refractivity contribution in [1.82, 2.24) is 8.87 Å². The predicted octanol–water partition coefficient (Wildman–Crippen LogP) is 2.44. The Balaban J connectivity index is 2.23. The third-order valence-electron chi connectivity index (χ3n) is 3.86. The minimum Gasteiger partial charge on any atom is -0.377 e. The number of likely N-dealkylation sites (N-methyl/N-ethyl adjacent to an activating group) is 1. The van der Waals surface area contributed by atoms with E-state index in [0.29, 0.717) is 30.4 Å². The largest absolute Gasteiger partial charge is 0.377 e. The standard InChI is InChI=1S/C14H23ClN2O3S/c1-3-16-11-14(8-12(16)9-15)21(18,19)17(4-2)10-13-6-5-7-20-13/h8,11,13H,3-7,9-10H2,1-2H3. The van der Waals surface area contributed by atoms with Gasteiger partial charge in [-0.2, -0.15) is 4.31 Å². The number of sulfonamides is 1. The van der Waals surface area contributed by atoms with Crippen LogP contribution < -0.4 is 0 Å². The van der Waals surface area contributed by atoms with E-state index >= 15 is 0 Å². The van der Waals surface area contributed by atoms with Gasteiger partial charge >= 0.3 is 0 Å². The molecule has 0 N–H and O–H groups in total. The molecule has 21 heavy (non-hydrogen) atoms. The van der Waals surface area contributed by atoms with Crippen molar-refractivity contribution in [2.75, 3.05) is 19.7 Å². The molecule has 1 aliphatic rings. The van der Waals surface area contributed by atoms with Crippen molar-refractivity contribution in [2.45, 2.75) is 50.1 Å². The Morgan fingerprint density at radius 2 is 2.24 bits per heavy atom. The van der Waals surface area contributed by atoms with Gasteiger partial charge in [-0.15, -0.1) is 11.6 Å². The molecule has 1 aromatic heterocycles. The zero-order valence-electron chi connectivity index (χ0n) is 12.6. The molecule has 1 atom stereocenters. The Bertz CT molecular complexity index is 543. The molecule has 1 fully saturated rings. The number of alkyl halides is 1. The Kier molecular flexibility index (Phi) is 5.71. The monoisotopic (exact) mass is 334 g/mol. The topological polar surface area (TPSA) is 51.5 Å². The van der Waals surface area contributed by atoms with Gasteiger partial charge in [0, 0.05) is 38.1 Å². The molecule has 0 spiro atoms. The van der Waals surface area contributed by atoms with E-state index in [4.69, 9.17) is 16.3 Å². The van der Waals surface area contributed by atoms with Crippen molar-refractivity contribution in [3.63, 3.8) is 0 Å². The van der Waals surface area contributed by atoms with E-state index < -0.39 is 10.0 Å². The van der Waals surface area contributed by atoms with Crippen LogP contribution in [0.2, 0.25) is 0 Å². The van der Waals surface area contributed by atoms with Crippen LogP contribution in [0.25, 0.3) is 0 Å². The maximum atomic E-state index is 12.8. The zero-order chi connectivity index (χ0) is 15.5. The molecule has 0 aliphatic carbocycles. The van der Waals surface area contributed by atoms with Gasteiger partial charge in [0.15, 0.2) is 0 Å². The van der Waals surface area contributed by atoms with Crippen LogP contribution in [0.1, 0.15) is 32.4 Å². The lowest BCUT2D eigenvalue weighted by Gasteiger charge is -2.22. The van der Waals surface area contributed by atoms with Crippen LogP contribution in [0.4, 0.5) is 0 Å². The summed E-state index contributed by atoms with van der Waals surface area (Å²) in [6, 6.07) is 1.67. The molecule has 0 aromatic carbocycles. The Morgan fingerprint density at radius 3 is 2.71 bits per heavy atom. The van der Waals surface area contributed by atoms with E-state index in [1.54, 1.807) is 12.3 Å². The van der Waals surface area contributed by atoms with Gasteiger partial charge in [-0.1, -0.05) is 6.92 Å². The Labute approximate surface area is 131 Å². The van der Waals surface area contributed by atoms with Gasteiger partial charge in [0.25, 0.3) is 0 Å². The van der Waals surface area contributed by atoms with Crippen LogP contribution in [0.3, 0.4) is 0 Å². The van der Waals surface area contributed by atoms with E-state index in [1.165, 1.54) is 4.31 Å². The summed E-state index contributed by atoms with van der Waals surface area (Å²) in [6.45, 7) is 6.12. The highest BCUT2D eigenvalue weighted by Gasteiger charge is 2.29. The molecule has 7 heteroatoms. The summed E-state index contributed by atoms with van der Waals surface area (Å²) < 4.78 is 34.5. The molecule has 0 bridgehead atoms. The summed E-state index contributed by atoms with van der Waals surface area (Å²) in [4.78, 5) is 0.319. The van der Waals surface area contributed by atoms with E-state index in [0.717, 1.165) is 25.1 Å². The van der Waals surface area contributed by atoms with Crippen molar-refractivity contribution < 1.29 is 13.2 Å². The lowest BCUT2D eigenvalue weighted by atomic mass is 10.2. The van der Waals surface area contributed by atoms with E-state index in [9.17, 15) is 8.42 Å². The number of hydrogen-bond acceptors (Lipinski definition) is 3. The Morgan fingerprint density at radius 1 is 1.48 bits per heavy atom. The lowest BCUT2D eigenvalue weighted by Crippen LogP contribution is -2.37. The Hall–Kier alpha value is -0.560. The van der Waals surface area contributed by atoms with Crippen LogP contribution in [-0.2, 0) is 27.2 Å². The molecule has 2 heterocycles. The van der Waals surface area contributed by atoms with E-state index in [-0.39, 0.29) is 6.10 Å². The molecule has 5 nitrogen and oxygen atoms in total. The van der Waals surface area contributed by atoms with Crippen LogP contribution in [-0.4, -0.2) is 43.1 Å². The number of aromatic nitrogens is 1. The first-order chi connectivity index (χ1) is 10.0. The van der Waals surface area contributed by atoms with Gasteiger partial charge in [-0.25, -0.2) is 8.42 Å². The summed E-state index contributed by atoms with van der Waals surface area (Å²) in [7, 11) is -3.49. The van der Waals surface area contributed by atoms with Gasteiger partial charge < -0.3 is 9.30 Å². The van der Waals surface area contributed by atoms with Gasteiger partial charge in [0.05, 0.1) is 12.0 Å². The van der Waals surface area contributed by atoms with Crippen molar-refractivity contribution in [3.8, 4) is 0 Å². The number of aryl methyl sites for hydroxylation is 1. The van der Waals surface area contributed by atoms with Gasteiger partial charge in [0.1, 0.15) is 4.90 Å². The van der Waals surface area contributed by atoms with Crippen LogP contribution in [0.15, 0.2) is 17.2 Å². The third kappa shape index (κ3) is 3.62. The third-order valence-corrected chi connectivity index (χ3v) is 6.04. The molecule has 1 aromatic rings. The zero-order valence-corrected chi connectivity index (χ0v) is 14.2. The molecular weight excluding hydrogens is 312 g/mol. The smallest absolute Gasteiger partial charge is 0.244 e. The summed E-state index contributed by atoms with van der Waals surface area (Å²) >= 11 is 5.88. The molecule has 0 amide bonds. The molecule has 2 rings (SSSR count). The summed E-state index contributed by atoms with van der Waals surface area (Å²) in [6.07, 6.45) is 3.62. The normalized spacial score (nSPS) is 19.5. The summed E-state index contributed by atoms with van der Waals surface area (Å²) in [5.74, 6) is 0.307. The minimum atomic E-state index is -3.49. The molecule has 0 radical (unpaired) electrons. The summed E-state index contributed by atoms with van der Waals surface area (Å²) in [5, 5.41) is 0. The molecule has 1 aliphatic heterocycles. The van der Waals surface area contributed by atoms with Gasteiger partial charge in [-0.05, 0) is 25.8 Å². The second-order valence-electron chi connectivity index (χ2n) is 5.18. The minimum absolute atomic E-state index is 0.0143. The maximum absolute atomic E-state index is 12.8. The van der Waals surface area contributed by atoms with Gasteiger partial charge in [-0.3, -0.25) is 0 Å². The molecule has 1 unspecified atom stereocenters. The number of hydrogen-bond donors (Lipinski definition) is 0. The van der Waals surface area contributed by atoms with E-state index in [2.05, 4.69) is 0 Å². The second kappa shape index (κ2) is 7.13. The van der Waals surface area contributed by atoms with Crippen molar-refractivity contribution in [1.29, 1.82) is 0 Å². The lowest BCUT2D eigenvalue weighted by molar-refractivity contribution is 0.0947. The highest BCUT2D eigenvalue weighted by molar-refractivity contribution is 7.89. The highest BCUT2D eigenvalue weighted by atomic mass is 35.5. The first-order valence-electron chi connectivity index (χ1n) is 7.39. The number of nitrogens with zero attached hydrogens (tertiary/aromatic N) is 2. The quantitative estimate of drug-likeness (QED) is 0.720. The molecular formula is C14H23ClN2O3S. The summed E-state index contributed by atoms with van der Waals surface area (Å²) in [5.41, 5.74) is 0.825. The van der Waals surface area contributed by atoms with E-state index in [1.807, 2.05) is 18.4 Å². The number of rotatable bonds is 7. The fourth-order valence-electron chi connectivity index (χ4n) is 2.63. The fraction of sp³-hybridized carbons (Fsp3) is 0.714. The maximum Gasteiger partial charge on any atom is 0.244 e. The first-order valence-corrected chi connectivity index (χ1v) is 9.37. The van der Waals surface area contributed by atoms with Crippen molar-refractivity contribution in [2.24, 2.45) is 0 Å². The van der Waals surface area contributed by atoms with Crippen molar-refractivity contribution in [3.05, 3.63) is 18.0 Å². The highest BCUT2D eigenvalue weighted by Crippen LogP contribution is 2.22. The van der Waals surface area contributed by atoms with Crippen LogP contribution in [0, 0.1) is 0 Å². The SMILES string of the molecule is CCN(CC1CCCO1)S(=O)(=O)c1cc(CCl)n(CC)c1. The number of ether oxygens (including phenoxy) is 1. The molecule has 0 saturated carbocycles. The molecule has 120 valence electrons. The predicted molar refractivity (Wildman–Crippen MR) is 83.1 cm³/mol. The second-order valence-corrected chi connectivity index (χ2v) is 7.38. The first kappa shape index (κ1) is 16.8.